The number of nitrogens with zero attached hydrogens (tertiary/aromatic N) is 1. The Bertz CT molecular complexity index is 1180. The van der Waals surface area contributed by atoms with Crippen LogP contribution >= 0.6 is 0 Å². The first-order valence-electron chi connectivity index (χ1n) is 10.2. The summed E-state index contributed by atoms with van der Waals surface area (Å²) in [6.45, 7) is 0.631. The van der Waals surface area contributed by atoms with E-state index in [0.717, 1.165) is 16.7 Å². The summed E-state index contributed by atoms with van der Waals surface area (Å²) in [5, 5.41) is 11.9. The van der Waals surface area contributed by atoms with E-state index >= 15 is 0 Å². The second-order valence-corrected chi connectivity index (χ2v) is 7.70. The van der Waals surface area contributed by atoms with Crippen molar-refractivity contribution in [2.75, 3.05) is 26.0 Å². The molecule has 0 aliphatic carbocycles. The summed E-state index contributed by atoms with van der Waals surface area (Å²) in [6, 6.07) is 16.1. The third-order valence-corrected chi connectivity index (χ3v) is 5.78. The van der Waals surface area contributed by atoms with E-state index < -0.39 is 17.8 Å². The topological polar surface area (TPSA) is 78.9 Å². The summed E-state index contributed by atoms with van der Waals surface area (Å²) < 4.78 is 20.1. The van der Waals surface area contributed by atoms with E-state index in [4.69, 9.17) is 9.84 Å². The molecule has 0 aromatic heterocycles. The third-order valence-electron chi connectivity index (χ3n) is 5.78. The molecule has 0 fully saturated rings. The molecular weight excluding hydrogens is 411 g/mol. The molecule has 1 aliphatic heterocycles. The summed E-state index contributed by atoms with van der Waals surface area (Å²) in [5.41, 5.74) is 3.59. The molecule has 3 aromatic carbocycles. The number of methoxy groups -OCH3 is 1. The molecule has 2 N–H and O–H groups in total. The maximum atomic E-state index is 15.0. The minimum atomic E-state index is -1.03. The maximum absolute atomic E-state index is 15.0. The van der Waals surface area contributed by atoms with Crippen LogP contribution in [0.25, 0.3) is 11.1 Å². The number of carboxylic acids is 1. The number of ether oxygens (including phenoxy) is 1. The Hall–Kier alpha value is -3.71. The predicted molar refractivity (Wildman–Crippen MR) is 119 cm³/mol. The first kappa shape index (κ1) is 21.5. The molecule has 3 aromatic rings. The molecule has 32 heavy (non-hydrogen) atoms. The number of likely N-dealkylation sites (N-methyl/N-ethyl adjacent to an activating group) is 1. The van der Waals surface area contributed by atoms with Crippen LogP contribution in [0.3, 0.4) is 0 Å². The van der Waals surface area contributed by atoms with E-state index in [1.165, 1.54) is 19.2 Å². The second kappa shape index (κ2) is 8.80. The number of benzene rings is 3. The fourth-order valence-corrected chi connectivity index (χ4v) is 4.17. The zero-order valence-electron chi connectivity index (χ0n) is 17.8. The van der Waals surface area contributed by atoms with Gasteiger partial charge in [0.1, 0.15) is 6.04 Å². The van der Waals surface area contributed by atoms with Gasteiger partial charge in [-0.2, -0.15) is 0 Å². The lowest BCUT2D eigenvalue weighted by Gasteiger charge is -2.34. The van der Waals surface area contributed by atoms with Crippen LogP contribution in [-0.2, 0) is 11.2 Å². The molecule has 6 nitrogen and oxygen atoms in total. The molecule has 0 saturated heterocycles. The molecule has 1 amide bonds. The zero-order chi connectivity index (χ0) is 22.8. The third kappa shape index (κ3) is 3.94. The smallest absolute Gasteiger partial charge is 0.335 e. The summed E-state index contributed by atoms with van der Waals surface area (Å²) in [7, 11) is 3.31. The van der Waals surface area contributed by atoms with Crippen molar-refractivity contribution in [2.45, 2.75) is 12.5 Å². The lowest BCUT2D eigenvalue weighted by molar-refractivity contribution is -0.121. The van der Waals surface area contributed by atoms with Crippen LogP contribution in [0.1, 0.15) is 27.5 Å². The molecule has 0 spiro atoms. The molecule has 0 bridgehead atoms. The van der Waals surface area contributed by atoms with E-state index in [0.29, 0.717) is 24.2 Å². The average molecular weight is 434 g/mol. The normalized spacial score (nSPS) is 15.7. The molecule has 0 radical (unpaired) electrons. The highest BCUT2D eigenvalue weighted by Crippen LogP contribution is 2.38. The SMILES string of the molecule is COc1cccc(-c2cccc3c2CCN(C)C3C(=O)Nc2ccc(C(=O)O)cc2)c1F. The summed E-state index contributed by atoms with van der Waals surface area (Å²) in [6.07, 6.45) is 0.676. The Morgan fingerprint density at radius 1 is 1.06 bits per heavy atom. The van der Waals surface area contributed by atoms with Gasteiger partial charge >= 0.3 is 5.97 Å². The van der Waals surface area contributed by atoms with Gasteiger partial charge in [-0.1, -0.05) is 30.3 Å². The highest BCUT2D eigenvalue weighted by Gasteiger charge is 2.32. The van der Waals surface area contributed by atoms with Crippen molar-refractivity contribution in [3.63, 3.8) is 0 Å². The maximum Gasteiger partial charge on any atom is 0.335 e. The number of amides is 1. The van der Waals surface area contributed by atoms with Gasteiger partial charge in [-0.3, -0.25) is 9.69 Å². The Morgan fingerprint density at radius 3 is 2.44 bits per heavy atom. The lowest BCUT2D eigenvalue weighted by atomic mass is 9.86. The second-order valence-electron chi connectivity index (χ2n) is 7.70. The molecule has 1 heterocycles. The Kier molecular flexibility index (Phi) is 5.92. The van der Waals surface area contributed by atoms with Gasteiger partial charge in [0.25, 0.3) is 0 Å². The van der Waals surface area contributed by atoms with Gasteiger partial charge in [0.05, 0.1) is 12.7 Å². The van der Waals surface area contributed by atoms with Crippen LogP contribution < -0.4 is 10.1 Å². The number of anilines is 1. The Morgan fingerprint density at radius 2 is 1.75 bits per heavy atom. The predicted octanol–water partition coefficient (Wildman–Crippen LogP) is 4.37. The van der Waals surface area contributed by atoms with Crippen LogP contribution in [0.4, 0.5) is 10.1 Å². The van der Waals surface area contributed by atoms with Crippen molar-refractivity contribution in [3.05, 3.63) is 83.2 Å². The van der Waals surface area contributed by atoms with Crippen LogP contribution in [0.2, 0.25) is 0 Å². The number of fused-ring (bicyclic) bond motifs is 1. The summed E-state index contributed by atoms with van der Waals surface area (Å²) in [4.78, 5) is 26.2. The molecule has 164 valence electrons. The minimum Gasteiger partial charge on any atom is -0.494 e. The standard InChI is InChI=1S/C25H23FN2O4/c1-28-14-13-18-17(19-6-4-8-21(32-2)22(19)26)5-3-7-20(18)23(28)24(29)27-16-11-9-15(10-12-16)25(30)31/h3-12,23H,13-14H2,1-2H3,(H,27,29)(H,30,31). The largest absolute Gasteiger partial charge is 0.494 e. The minimum absolute atomic E-state index is 0.146. The van der Waals surface area contributed by atoms with Crippen molar-refractivity contribution in [3.8, 4) is 16.9 Å². The molecule has 1 atom stereocenters. The van der Waals surface area contributed by atoms with E-state index in [1.54, 1.807) is 30.3 Å². The molecule has 0 saturated carbocycles. The van der Waals surface area contributed by atoms with Crippen molar-refractivity contribution in [2.24, 2.45) is 0 Å². The van der Waals surface area contributed by atoms with E-state index in [2.05, 4.69) is 5.32 Å². The fraction of sp³-hybridized carbons (Fsp3) is 0.200. The number of aromatic carboxylic acids is 1. The highest BCUT2D eigenvalue weighted by molar-refractivity contribution is 5.97. The van der Waals surface area contributed by atoms with Crippen molar-refractivity contribution in [1.82, 2.24) is 4.90 Å². The molecule has 1 unspecified atom stereocenters. The van der Waals surface area contributed by atoms with Crippen LogP contribution in [0, 0.1) is 5.82 Å². The summed E-state index contributed by atoms with van der Waals surface area (Å²) >= 11 is 0. The quantitative estimate of drug-likeness (QED) is 0.624. The fourth-order valence-electron chi connectivity index (χ4n) is 4.17. The number of rotatable bonds is 5. The number of nitrogens with one attached hydrogen (secondary N) is 1. The number of hydrogen-bond acceptors (Lipinski definition) is 4. The lowest BCUT2D eigenvalue weighted by Crippen LogP contribution is -2.39. The zero-order valence-corrected chi connectivity index (χ0v) is 17.8. The van der Waals surface area contributed by atoms with Gasteiger partial charge in [0.15, 0.2) is 11.6 Å². The monoisotopic (exact) mass is 434 g/mol. The molecular formula is C25H23FN2O4. The van der Waals surface area contributed by atoms with Crippen LogP contribution in [0.5, 0.6) is 5.75 Å². The highest BCUT2D eigenvalue weighted by atomic mass is 19.1. The van der Waals surface area contributed by atoms with E-state index in [-0.39, 0.29) is 17.2 Å². The number of hydrogen-bond donors (Lipinski definition) is 2. The van der Waals surface area contributed by atoms with Gasteiger partial charge in [-0.15, -0.1) is 0 Å². The van der Waals surface area contributed by atoms with Gasteiger partial charge in [-0.25, -0.2) is 9.18 Å². The Balaban J connectivity index is 1.69. The molecule has 7 heteroatoms. The van der Waals surface area contributed by atoms with E-state index in [1.807, 2.05) is 30.1 Å². The van der Waals surface area contributed by atoms with Gasteiger partial charge in [-0.05, 0) is 60.5 Å². The molecule has 4 rings (SSSR count). The van der Waals surface area contributed by atoms with Crippen molar-refractivity contribution in [1.29, 1.82) is 0 Å². The Labute approximate surface area is 185 Å². The number of carbonyl (C=O) groups excluding carboxylic acids is 1. The first-order valence-corrected chi connectivity index (χ1v) is 10.2. The number of halogens is 1. The molecule has 1 aliphatic rings. The van der Waals surface area contributed by atoms with Crippen LogP contribution in [0.15, 0.2) is 60.7 Å². The number of carboxylic acid groups (broad SMARTS) is 1. The summed E-state index contributed by atoms with van der Waals surface area (Å²) in [5.74, 6) is -1.52. The first-order chi connectivity index (χ1) is 15.4. The van der Waals surface area contributed by atoms with Gasteiger partial charge in [0, 0.05) is 17.8 Å². The van der Waals surface area contributed by atoms with Gasteiger partial charge < -0.3 is 15.2 Å². The van der Waals surface area contributed by atoms with Gasteiger partial charge in [0.2, 0.25) is 5.91 Å². The average Bonchev–Trinajstić information content (AvgIpc) is 2.79. The van der Waals surface area contributed by atoms with Crippen molar-refractivity contribution < 1.29 is 23.8 Å². The van der Waals surface area contributed by atoms with Crippen molar-refractivity contribution >= 4 is 17.6 Å². The van der Waals surface area contributed by atoms with E-state index in [9.17, 15) is 14.0 Å². The number of carbonyl (C=O) groups is 2. The van der Waals surface area contributed by atoms with Crippen LogP contribution in [-0.4, -0.2) is 42.6 Å².